The maximum absolute atomic E-state index is 14.1. The van der Waals surface area contributed by atoms with Crippen molar-refractivity contribution in [2.24, 2.45) is 0 Å². The van der Waals surface area contributed by atoms with Crippen molar-refractivity contribution in [1.29, 1.82) is 0 Å². The number of halogens is 2. The van der Waals surface area contributed by atoms with Gasteiger partial charge in [-0.15, -0.1) is 0 Å². The summed E-state index contributed by atoms with van der Waals surface area (Å²) in [6.07, 6.45) is 1.09. The number of amides is 1. The van der Waals surface area contributed by atoms with Gasteiger partial charge < -0.3 is 10.1 Å². The summed E-state index contributed by atoms with van der Waals surface area (Å²) in [4.78, 5) is 23.3. The molecule has 2 aromatic rings. The Hall–Kier alpha value is -2.32. The molecule has 1 amide bonds. The summed E-state index contributed by atoms with van der Waals surface area (Å²) in [7, 11) is 0. The monoisotopic (exact) mass is 436 g/mol. The molecule has 0 bridgehead atoms. The average molecular weight is 437 g/mol. The van der Waals surface area contributed by atoms with Gasteiger partial charge in [-0.25, -0.2) is 4.39 Å². The number of hydrogen-bond acceptors (Lipinski definition) is 4. The number of nitro groups is 1. The van der Waals surface area contributed by atoms with E-state index in [2.05, 4.69) is 21.2 Å². The van der Waals surface area contributed by atoms with Gasteiger partial charge in [-0.05, 0) is 43.5 Å². The van der Waals surface area contributed by atoms with Crippen molar-refractivity contribution in [1.82, 2.24) is 5.32 Å². The molecule has 6 nitrogen and oxygen atoms in total. The number of nitrogens with zero attached hydrogens (tertiary/aromatic N) is 1. The van der Waals surface area contributed by atoms with Crippen LogP contribution < -0.4 is 5.32 Å². The summed E-state index contributed by atoms with van der Waals surface area (Å²) in [5.41, 5.74) is -0.371. The van der Waals surface area contributed by atoms with Crippen LogP contribution in [0.5, 0.6) is 0 Å². The summed E-state index contributed by atoms with van der Waals surface area (Å²) >= 11 is 3.44. The minimum Gasteiger partial charge on any atom is -0.381 e. The fraction of sp³-hybridized carbons (Fsp3) is 0.316. The molecule has 0 aromatic heterocycles. The minimum absolute atomic E-state index is 0.0781. The van der Waals surface area contributed by atoms with Gasteiger partial charge in [0.15, 0.2) is 0 Å². The van der Waals surface area contributed by atoms with Gasteiger partial charge in [0, 0.05) is 29.3 Å². The van der Waals surface area contributed by atoms with Crippen molar-refractivity contribution in [2.75, 3.05) is 13.2 Å². The maximum atomic E-state index is 14.1. The zero-order chi connectivity index (χ0) is 19.6. The SMILES string of the molecule is Cc1c(F)cc(C(=O)NC2(c3cccc(Br)c3)CCOCC2)cc1[N+](=O)[O-]. The van der Waals surface area contributed by atoms with Crippen molar-refractivity contribution >= 4 is 27.5 Å². The number of hydrogen-bond donors (Lipinski definition) is 1. The molecule has 0 spiro atoms. The van der Waals surface area contributed by atoms with Crippen molar-refractivity contribution < 1.29 is 18.8 Å². The summed E-state index contributed by atoms with van der Waals surface area (Å²) in [5.74, 6) is -1.34. The Bertz CT molecular complexity index is 897. The van der Waals surface area contributed by atoms with Crippen molar-refractivity contribution in [2.45, 2.75) is 25.3 Å². The Morgan fingerprint density at radius 3 is 2.63 bits per heavy atom. The van der Waals surface area contributed by atoms with Crippen LogP contribution >= 0.6 is 15.9 Å². The lowest BCUT2D eigenvalue weighted by Gasteiger charge is -2.38. The van der Waals surface area contributed by atoms with Gasteiger partial charge >= 0.3 is 0 Å². The highest BCUT2D eigenvalue weighted by molar-refractivity contribution is 9.10. The minimum atomic E-state index is -0.780. The van der Waals surface area contributed by atoms with Gasteiger partial charge in [0.1, 0.15) is 5.82 Å². The highest BCUT2D eigenvalue weighted by atomic mass is 79.9. The van der Waals surface area contributed by atoms with Gasteiger partial charge in [-0.3, -0.25) is 14.9 Å². The van der Waals surface area contributed by atoms with Gasteiger partial charge in [-0.1, -0.05) is 28.1 Å². The summed E-state index contributed by atoms with van der Waals surface area (Å²) in [6.45, 7) is 2.25. The first-order valence-corrected chi connectivity index (χ1v) is 9.22. The maximum Gasteiger partial charge on any atom is 0.276 e. The third-order valence-electron chi connectivity index (χ3n) is 4.85. The van der Waals surface area contributed by atoms with Crippen LogP contribution in [0.2, 0.25) is 0 Å². The standard InChI is InChI=1S/C19H18BrFN2O4/c1-12-16(21)9-13(10-17(12)23(25)26)18(24)22-19(5-7-27-8-6-19)14-3-2-4-15(20)11-14/h2-4,9-11H,5-8H2,1H3,(H,22,24). The molecule has 0 saturated carbocycles. The van der Waals surface area contributed by atoms with E-state index in [9.17, 15) is 19.3 Å². The van der Waals surface area contributed by atoms with Gasteiger partial charge in [-0.2, -0.15) is 0 Å². The molecular formula is C19H18BrFN2O4. The molecule has 142 valence electrons. The quantitative estimate of drug-likeness (QED) is 0.573. The predicted octanol–water partition coefficient (Wildman–Crippen LogP) is 4.24. The van der Waals surface area contributed by atoms with E-state index in [0.29, 0.717) is 26.1 Å². The summed E-state index contributed by atoms with van der Waals surface area (Å²) in [5, 5.41) is 14.1. The molecule has 1 fully saturated rings. The number of benzene rings is 2. The first-order chi connectivity index (χ1) is 12.8. The van der Waals surface area contributed by atoms with Crippen LogP contribution in [0.3, 0.4) is 0 Å². The molecule has 1 saturated heterocycles. The van der Waals surface area contributed by atoms with Crippen LogP contribution in [0, 0.1) is 22.9 Å². The zero-order valence-electron chi connectivity index (χ0n) is 14.6. The number of rotatable bonds is 4. The van der Waals surface area contributed by atoms with Crippen LogP contribution in [0.1, 0.15) is 34.3 Å². The normalized spacial score (nSPS) is 16.0. The Morgan fingerprint density at radius 1 is 1.30 bits per heavy atom. The van der Waals surface area contributed by atoms with Gasteiger partial charge in [0.2, 0.25) is 0 Å². The van der Waals surface area contributed by atoms with E-state index < -0.39 is 27.9 Å². The topological polar surface area (TPSA) is 81.5 Å². The second kappa shape index (κ2) is 7.74. The molecule has 1 aliphatic rings. The Balaban J connectivity index is 1.97. The van der Waals surface area contributed by atoms with Gasteiger partial charge in [0.25, 0.3) is 11.6 Å². The molecular weight excluding hydrogens is 419 g/mol. The van der Waals surface area contributed by atoms with Crippen molar-refractivity contribution in [3.05, 3.63) is 73.5 Å². The lowest BCUT2D eigenvalue weighted by atomic mass is 9.82. The molecule has 1 heterocycles. The lowest BCUT2D eigenvalue weighted by Crippen LogP contribution is -2.49. The first-order valence-electron chi connectivity index (χ1n) is 8.43. The van der Waals surface area contributed by atoms with Crippen LogP contribution in [-0.2, 0) is 10.3 Å². The first kappa shape index (κ1) is 19.4. The molecule has 0 atom stereocenters. The highest BCUT2D eigenvalue weighted by Gasteiger charge is 2.36. The molecule has 0 aliphatic carbocycles. The molecule has 0 radical (unpaired) electrons. The van der Waals surface area contributed by atoms with Crippen LogP contribution in [0.4, 0.5) is 10.1 Å². The fourth-order valence-electron chi connectivity index (χ4n) is 3.27. The smallest absolute Gasteiger partial charge is 0.276 e. The largest absolute Gasteiger partial charge is 0.381 e. The number of ether oxygens (including phenoxy) is 1. The summed E-state index contributed by atoms with van der Waals surface area (Å²) < 4.78 is 20.4. The van der Waals surface area contributed by atoms with Crippen LogP contribution in [0.15, 0.2) is 40.9 Å². The molecule has 2 aromatic carbocycles. The molecule has 3 rings (SSSR count). The second-order valence-corrected chi connectivity index (χ2v) is 7.43. The van der Waals surface area contributed by atoms with Gasteiger partial charge in [0.05, 0.1) is 16.0 Å². The predicted molar refractivity (Wildman–Crippen MR) is 101 cm³/mol. The Morgan fingerprint density at radius 2 is 2.00 bits per heavy atom. The fourth-order valence-corrected chi connectivity index (χ4v) is 3.67. The van der Waals surface area contributed by atoms with E-state index in [0.717, 1.165) is 22.2 Å². The third kappa shape index (κ3) is 4.01. The van der Waals surface area contributed by atoms with E-state index >= 15 is 0 Å². The van der Waals surface area contributed by atoms with Crippen LogP contribution in [0.25, 0.3) is 0 Å². The molecule has 0 unspecified atom stereocenters. The summed E-state index contributed by atoms with van der Waals surface area (Å²) in [6, 6.07) is 9.74. The second-order valence-electron chi connectivity index (χ2n) is 6.52. The van der Waals surface area contributed by atoms with E-state index in [-0.39, 0.29) is 11.1 Å². The van der Waals surface area contributed by atoms with Crippen molar-refractivity contribution in [3.8, 4) is 0 Å². The highest BCUT2D eigenvalue weighted by Crippen LogP contribution is 2.34. The van der Waals surface area contributed by atoms with Crippen LogP contribution in [-0.4, -0.2) is 24.0 Å². The van der Waals surface area contributed by atoms with Crippen molar-refractivity contribution in [3.63, 3.8) is 0 Å². The number of nitro benzene ring substituents is 1. The third-order valence-corrected chi connectivity index (χ3v) is 5.35. The lowest BCUT2D eigenvalue weighted by molar-refractivity contribution is -0.385. The van der Waals surface area contributed by atoms with E-state index in [1.54, 1.807) is 0 Å². The number of carbonyl (C=O) groups is 1. The Kier molecular flexibility index (Phi) is 5.57. The van der Waals surface area contributed by atoms with E-state index in [1.807, 2.05) is 24.3 Å². The molecule has 1 aliphatic heterocycles. The molecule has 27 heavy (non-hydrogen) atoms. The number of carbonyl (C=O) groups excluding carboxylic acids is 1. The van der Waals surface area contributed by atoms with E-state index in [1.165, 1.54) is 6.92 Å². The Labute approximate surface area is 164 Å². The van der Waals surface area contributed by atoms with E-state index in [4.69, 9.17) is 4.74 Å². The zero-order valence-corrected chi connectivity index (χ0v) is 16.2. The molecule has 8 heteroatoms. The molecule has 1 N–H and O–H groups in total. The average Bonchev–Trinajstić information content (AvgIpc) is 2.64. The number of nitrogens with one attached hydrogen (secondary N) is 1.